The van der Waals surface area contributed by atoms with Crippen molar-refractivity contribution in [1.82, 2.24) is 9.97 Å². The lowest BCUT2D eigenvalue weighted by Gasteiger charge is -1.96. The largest absolute Gasteiger partial charge is 0.449 e. The monoisotopic (exact) mass is 220 g/mol. The minimum absolute atomic E-state index is 0.163. The van der Waals surface area contributed by atoms with Gasteiger partial charge in [0.1, 0.15) is 18.3 Å². The third kappa shape index (κ3) is 3.05. The molecule has 2 heterocycles. The zero-order chi connectivity index (χ0) is 11.2. The third-order valence-electron chi connectivity index (χ3n) is 2.20. The Kier molecular flexibility index (Phi) is 3.48. The number of ketones is 1. The SMILES string of the molecule is O=C(CCc1ncco1)CCc1ncco1. The van der Waals surface area contributed by atoms with Crippen LogP contribution in [0.4, 0.5) is 0 Å². The van der Waals surface area contributed by atoms with Gasteiger partial charge < -0.3 is 8.83 Å². The van der Waals surface area contributed by atoms with Crippen LogP contribution in [0.25, 0.3) is 0 Å². The van der Waals surface area contributed by atoms with Gasteiger partial charge >= 0.3 is 0 Å². The molecule has 2 rings (SSSR count). The first-order valence-electron chi connectivity index (χ1n) is 5.13. The molecule has 0 saturated carbocycles. The van der Waals surface area contributed by atoms with E-state index < -0.39 is 0 Å². The van der Waals surface area contributed by atoms with E-state index in [0.717, 1.165) is 0 Å². The van der Waals surface area contributed by atoms with Crippen LogP contribution < -0.4 is 0 Å². The molecule has 5 heteroatoms. The quantitative estimate of drug-likeness (QED) is 0.742. The van der Waals surface area contributed by atoms with Gasteiger partial charge in [-0.25, -0.2) is 9.97 Å². The lowest BCUT2D eigenvalue weighted by Crippen LogP contribution is -2.02. The van der Waals surface area contributed by atoms with Gasteiger partial charge in [-0.05, 0) is 0 Å². The Morgan fingerprint density at radius 2 is 1.50 bits per heavy atom. The van der Waals surface area contributed by atoms with Gasteiger partial charge in [-0.2, -0.15) is 0 Å². The van der Waals surface area contributed by atoms with Gasteiger partial charge in [0.15, 0.2) is 11.8 Å². The van der Waals surface area contributed by atoms with Crippen LogP contribution in [0.3, 0.4) is 0 Å². The fourth-order valence-electron chi connectivity index (χ4n) is 1.37. The molecule has 2 aromatic heterocycles. The summed E-state index contributed by atoms with van der Waals surface area (Å²) in [4.78, 5) is 19.4. The zero-order valence-electron chi connectivity index (χ0n) is 8.76. The normalized spacial score (nSPS) is 10.5. The number of carbonyl (C=O) groups excluding carboxylic acids is 1. The Labute approximate surface area is 92.5 Å². The smallest absolute Gasteiger partial charge is 0.194 e. The van der Waals surface area contributed by atoms with Gasteiger partial charge in [0.05, 0.1) is 12.4 Å². The van der Waals surface area contributed by atoms with E-state index in [9.17, 15) is 4.79 Å². The van der Waals surface area contributed by atoms with E-state index in [-0.39, 0.29) is 5.78 Å². The third-order valence-corrected chi connectivity index (χ3v) is 2.20. The average molecular weight is 220 g/mol. The Balaban J connectivity index is 1.69. The first-order valence-corrected chi connectivity index (χ1v) is 5.13. The highest BCUT2D eigenvalue weighted by atomic mass is 16.3. The Bertz CT molecular complexity index is 380. The number of nitrogens with zero attached hydrogens (tertiary/aromatic N) is 2. The summed E-state index contributed by atoms with van der Waals surface area (Å²) in [6.07, 6.45) is 8.16. The van der Waals surface area contributed by atoms with Crippen LogP contribution in [0.2, 0.25) is 0 Å². The highest BCUT2D eigenvalue weighted by Gasteiger charge is 2.07. The second-order valence-corrected chi connectivity index (χ2v) is 3.39. The van der Waals surface area contributed by atoms with Crippen LogP contribution >= 0.6 is 0 Å². The molecule has 0 spiro atoms. The summed E-state index contributed by atoms with van der Waals surface area (Å²) in [6, 6.07) is 0. The average Bonchev–Trinajstić information content (AvgIpc) is 2.96. The number of rotatable bonds is 6. The van der Waals surface area contributed by atoms with E-state index in [4.69, 9.17) is 8.83 Å². The summed E-state index contributed by atoms with van der Waals surface area (Å²) in [5.41, 5.74) is 0. The highest BCUT2D eigenvalue weighted by molar-refractivity contribution is 5.78. The fourth-order valence-corrected chi connectivity index (χ4v) is 1.37. The summed E-state index contributed by atoms with van der Waals surface area (Å²) in [5.74, 6) is 1.37. The van der Waals surface area contributed by atoms with E-state index in [2.05, 4.69) is 9.97 Å². The molecule has 16 heavy (non-hydrogen) atoms. The minimum Gasteiger partial charge on any atom is -0.449 e. The molecule has 0 atom stereocenters. The highest BCUT2D eigenvalue weighted by Crippen LogP contribution is 2.05. The Morgan fingerprint density at radius 1 is 1.00 bits per heavy atom. The van der Waals surface area contributed by atoms with Crippen molar-refractivity contribution in [2.45, 2.75) is 25.7 Å². The van der Waals surface area contributed by atoms with E-state index in [0.29, 0.717) is 37.5 Å². The van der Waals surface area contributed by atoms with E-state index in [1.54, 1.807) is 12.4 Å². The Morgan fingerprint density at radius 3 is 1.88 bits per heavy atom. The second-order valence-electron chi connectivity index (χ2n) is 3.39. The first kappa shape index (κ1) is 10.6. The lowest BCUT2D eigenvalue weighted by molar-refractivity contribution is -0.119. The van der Waals surface area contributed by atoms with Gasteiger partial charge in [-0.15, -0.1) is 0 Å². The molecule has 0 aromatic carbocycles. The van der Waals surface area contributed by atoms with Crippen molar-refractivity contribution in [3.05, 3.63) is 36.7 Å². The number of hydrogen-bond acceptors (Lipinski definition) is 5. The molecule has 5 nitrogen and oxygen atoms in total. The standard InChI is InChI=1S/C11H12N2O3/c14-9(1-3-10-12-5-7-15-10)2-4-11-13-6-8-16-11/h5-8H,1-4H2. The Hall–Kier alpha value is -1.91. The topological polar surface area (TPSA) is 69.1 Å². The van der Waals surface area contributed by atoms with Gasteiger partial charge in [-0.3, -0.25) is 4.79 Å². The van der Waals surface area contributed by atoms with Gasteiger partial charge in [-0.1, -0.05) is 0 Å². The van der Waals surface area contributed by atoms with E-state index >= 15 is 0 Å². The molecule has 0 aliphatic heterocycles. The number of aryl methyl sites for hydroxylation is 2. The van der Waals surface area contributed by atoms with Crippen LogP contribution in [0.5, 0.6) is 0 Å². The van der Waals surface area contributed by atoms with Crippen molar-refractivity contribution < 1.29 is 13.6 Å². The predicted molar refractivity (Wildman–Crippen MR) is 54.7 cm³/mol. The summed E-state index contributed by atoms with van der Waals surface area (Å²) in [5, 5.41) is 0. The molecule has 0 amide bonds. The maximum absolute atomic E-state index is 11.5. The molecule has 84 valence electrons. The minimum atomic E-state index is 0.163. The molecular weight excluding hydrogens is 208 g/mol. The van der Waals surface area contributed by atoms with Crippen molar-refractivity contribution in [1.29, 1.82) is 0 Å². The lowest BCUT2D eigenvalue weighted by atomic mass is 10.1. The van der Waals surface area contributed by atoms with E-state index in [1.807, 2.05) is 0 Å². The van der Waals surface area contributed by atoms with Crippen molar-refractivity contribution >= 4 is 5.78 Å². The van der Waals surface area contributed by atoms with Crippen LogP contribution in [0, 0.1) is 0 Å². The predicted octanol–water partition coefficient (Wildman–Crippen LogP) is 1.80. The molecule has 0 unspecified atom stereocenters. The van der Waals surface area contributed by atoms with Crippen LogP contribution in [-0.4, -0.2) is 15.8 Å². The van der Waals surface area contributed by atoms with Gasteiger partial charge in [0.25, 0.3) is 0 Å². The van der Waals surface area contributed by atoms with Crippen LogP contribution in [0.15, 0.2) is 33.8 Å². The number of oxazole rings is 2. The van der Waals surface area contributed by atoms with Crippen LogP contribution in [0.1, 0.15) is 24.6 Å². The number of hydrogen-bond donors (Lipinski definition) is 0. The fraction of sp³-hybridized carbons (Fsp3) is 0.364. The summed E-state index contributed by atoms with van der Waals surface area (Å²) >= 11 is 0. The number of Topliss-reactive ketones (excluding diaryl/α,β-unsaturated/α-hetero) is 1. The summed E-state index contributed by atoms with van der Waals surface area (Å²) in [7, 11) is 0. The van der Waals surface area contributed by atoms with Crippen molar-refractivity contribution in [2.24, 2.45) is 0 Å². The summed E-state index contributed by atoms with van der Waals surface area (Å²) in [6.45, 7) is 0. The number of carbonyl (C=O) groups is 1. The van der Waals surface area contributed by atoms with Crippen molar-refractivity contribution in [3.63, 3.8) is 0 Å². The maximum Gasteiger partial charge on any atom is 0.194 e. The first-order chi connectivity index (χ1) is 7.84. The molecular formula is C11H12N2O3. The molecule has 0 radical (unpaired) electrons. The molecule has 2 aromatic rings. The maximum atomic E-state index is 11.5. The van der Waals surface area contributed by atoms with Crippen LogP contribution in [-0.2, 0) is 17.6 Å². The zero-order valence-corrected chi connectivity index (χ0v) is 8.76. The molecule has 0 fully saturated rings. The molecule has 0 N–H and O–H groups in total. The van der Waals surface area contributed by atoms with Gasteiger partial charge in [0.2, 0.25) is 0 Å². The van der Waals surface area contributed by atoms with E-state index in [1.165, 1.54) is 12.5 Å². The van der Waals surface area contributed by atoms with Crippen molar-refractivity contribution in [3.8, 4) is 0 Å². The van der Waals surface area contributed by atoms with Gasteiger partial charge in [0, 0.05) is 25.7 Å². The molecule has 0 bridgehead atoms. The molecule has 0 saturated heterocycles. The number of aromatic nitrogens is 2. The second kappa shape index (κ2) is 5.25. The molecule has 0 aliphatic rings. The molecule has 0 aliphatic carbocycles. The summed E-state index contributed by atoms with van der Waals surface area (Å²) < 4.78 is 10.1. The van der Waals surface area contributed by atoms with Crippen molar-refractivity contribution in [2.75, 3.05) is 0 Å².